The van der Waals surface area contributed by atoms with Gasteiger partial charge in [0, 0.05) is 12.8 Å². The van der Waals surface area contributed by atoms with Crippen molar-refractivity contribution in [1.29, 1.82) is 0 Å². The van der Waals surface area contributed by atoms with E-state index < -0.39 is 5.97 Å². The van der Waals surface area contributed by atoms with Gasteiger partial charge in [-0.3, -0.25) is 4.79 Å². The maximum atomic E-state index is 12.1. The lowest BCUT2D eigenvalue weighted by Crippen LogP contribution is -2.33. The number of ketones is 1. The first-order valence-electron chi connectivity index (χ1n) is 9.37. The summed E-state index contributed by atoms with van der Waals surface area (Å²) in [4.78, 5) is 24.0. The Kier molecular flexibility index (Phi) is 10.1. The van der Waals surface area contributed by atoms with Gasteiger partial charge in [-0.25, -0.2) is 4.79 Å². The standard InChI is InChI=1S/C20H32O4/c1-3-5-6-7-8-9-10-11-12-14-17(21)19-18(22)15-16(13-4-2)24-20(19)23/h3,16,21H,1,4-15H2,2H3/t16-/m1/s1. The first-order chi connectivity index (χ1) is 11.6. The second-order valence-electron chi connectivity index (χ2n) is 6.57. The Morgan fingerprint density at radius 1 is 1.17 bits per heavy atom. The molecule has 0 aromatic heterocycles. The molecular weight excluding hydrogens is 304 g/mol. The highest BCUT2D eigenvalue weighted by Gasteiger charge is 2.34. The van der Waals surface area contributed by atoms with E-state index in [4.69, 9.17) is 4.74 Å². The van der Waals surface area contributed by atoms with Crippen molar-refractivity contribution in [2.75, 3.05) is 0 Å². The zero-order valence-corrected chi connectivity index (χ0v) is 15.0. The third-order valence-electron chi connectivity index (χ3n) is 4.39. The number of esters is 1. The van der Waals surface area contributed by atoms with E-state index in [2.05, 4.69) is 6.58 Å². The minimum atomic E-state index is -0.649. The van der Waals surface area contributed by atoms with E-state index in [1.54, 1.807) is 0 Å². The van der Waals surface area contributed by atoms with E-state index in [9.17, 15) is 14.7 Å². The van der Waals surface area contributed by atoms with Gasteiger partial charge in [0.25, 0.3) is 0 Å². The van der Waals surface area contributed by atoms with Crippen LogP contribution in [0.5, 0.6) is 0 Å². The third kappa shape index (κ3) is 7.33. The molecule has 0 unspecified atom stereocenters. The van der Waals surface area contributed by atoms with Crippen molar-refractivity contribution >= 4 is 11.8 Å². The molecule has 0 spiro atoms. The number of unbranched alkanes of at least 4 members (excludes halogenated alkanes) is 7. The Hall–Kier alpha value is -1.58. The highest BCUT2D eigenvalue weighted by atomic mass is 16.5. The second-order valence-corrected chi connectivity index (χ2v) is 6.57. The van der Waals surface area contributed by atoms with E-state index in [1.807, 2.05) is 13.0 Å². The molecule has 0 saturated carbocycles. The molecule has 1 atom stereocenters. The van der Waals surface area contributed by atoms with Gasteiger partial charge in [0.15, 0.2) is 5.78 Å². The minimum Gasteiger partial charge on any atom is -0.511 e. The number of aliphatic hydroxyl groups is 1. The summed E-state index contributed by atoms with van der Waals surface area (Å²) in [5.41, 5.74) is -0.119. The molecule has 1 aliphatic rings. The molecule has 0 aliphatic carbocycles. The molecule has 136 valence electrons. The molecule has 0 aromatic carbocycles. The van der Waals surface area contributed by atoms with Crippen LogP contribution in [0.15, 0.2) is 24.0 Å². The average molecular weight is 336 g/mol. The van der Waals surface area contributed by atoms with Gasteiger partial charge in [0.1, 0.15) is 17.4 Å². The normalized spacial score (nSPS) is 20.0. The maximum Gasteiger partial charge on any atom is 0.345 e. The number of hydrogen-bond donors (Lipinski definition) is 1. The van der Waals surface area contributed by atoms with Gasteiger partial charge < -0.3 is 9.84 Å². The van der Waals surface area contributed by atoms with Gasteiger partial charge in [-0.2, -0.15) is 0 Å². The fraction of sp³-hybridized carbons (Fsp3) is 0.700. The number of ether oxygens (including phenoxy) is 1. The topological polar surface area (TPSA) is 63.6 Å². The van der Waals surface area contributed by atoms with Crippen LogP contribution >= 0.6 is 0 Å². The molecule has 1 fully saturated rings. The Labute approximate surface area is 146 Å². The number of Topliss-reactive ketones (excluding diaryl/α,β-unsaturated/α-hetero) is 1. The number of allylic oxidation sites excluding steroid dienone is 2. The lowest BCUT2D eigenvalue weighted by atomic mass is 9.96. The summed E-state index contributed by atoms with van der Waals surface area (Å²) in [6.07, 6.45) is 12.6. The molecule has 4 nitrogen and oxygen atoms in total. The first kappa shape index (κ1) is 20.5. The van der Waals surface area contributed by atoms with Crippen LogP contribution in [0.4, 0.5) is 0 Å². The van der Waals surface area contributed by atoms with Gasteiger partial charge in [0.05, 0.1) is 0 Å². The van der Waals surface area contributed by atoms with Crippen LogP contribution < -0.4 is 0 Å². The molecule has 0 bridgehead atoms. The number of carbonyl (C=O) groups is 2. The molecule has 0 amide bonds. The number of rotatable bonds is 12. The first-order valence-corrected chi connectivity index (χ1v) is 9.37. The quantitative estimate of drug-likeness (QED) is 0.133. The summed E-state index contributed by atoms with van der Waals surface area (Å²) in [5, 5.41) is 10.1. The number of aliphatic hydroxyl groups excluding tert-OH is 1. The fourth-order valence-electron chi connectivity index (χ4n) is 3.03. The molecule has 1 saturated heterocycles. The van der Waals surface area contributed by atoms with Crippen LogP contribution in [0.2, 0.25) is 0 Å². The molecule has 4 heteroatoms. The van der Waals surface area contributed by atoms with Crippen LogP contribution in [0, 0.1) is 0 Å². The van der Waals surface area contributed by atoms with Crippen LogP contribution in [0.25, 0.3) is 0 Å². The van der Waals surface area contributed by atoms with Gasteiger partial charge >= 0.3 is 5.97 Å². The molecule has 1 heterocycles. The van der Waals surface area contributed by atoms with Crippen molar-refractivity contribution in [2.45, 2.75) is 90.1 Å². The summed E-state index contributed by atoms with van der Waals surface area (Å²) in [6.45, 7) is 5.70. The van der Waals surface area contributed by atoms with Crippen molar-refractivity contribution in [3.8, 4) is 0 Å². The number of cyclic esters (lactones) is 1. The van der Waals surface area contributed by atoms with E-state index >= 15 is 0 Å². The van der Waals surface area contributed by atoms with Gasteiger partial charge in [0.2, 0.25) is 0 Å². The van der Waals surface area contributed by atoms with E-state index in [0.29, 0.717) is 12.8 Å². The van der Waals surface area contributed by atoms with E-state index in [-0.39, 0.29) is 29.6 Å². The Morgan fingerprint density at radius 2 is 1.79 bits per heavy atom. The predicted octanol–water partition coefficient (Wildman–Crippen LogP) is 5.18. The van der Waals surface area contributed by atoms with E-state index in [0.717, 1.165) is 32.1 Å². The van der Waals surface area contributed by atoms with Crippen LogP contribution in [0.1, 0.15) is 84.0 Å². The Bertz CT molecular complexity index is 431. The summed E-state index contributed by atoms with van der Waals surface area (Å²) in [5.74, 6) is -1.01. The van der Waals surface area contributed by atoms with Crippen molar-refractivity contribution in [2.24, 2.45) is 0 Å². The van der Waals surface area contributed by atoms with Crippen molar-refractivity contribution < 1.29 is 19.4 Å². The SMILES string of the molecule is C=CCCCCCCCCCC(O)=C1C(=O)C[C@@H](CCC)OC1=O. The zero-order valence-electron chi connectivity index (χ0n) is 15.0. The molecule has 1 N–H and O–H groups in total. The fourth-order valence-corrected chi connectivity index (χ4v) is 3.03. The number of carbonyl (C=O) groups excluding carboxylic acids is 2. The van der Waals surface area contributed by atoms with Crippen molar-refractivity contribution in [3.05, 3.63) is 24.0 Å². The summed E-state index contributed by atoms with van der Waals surface area (Å²) in [6, 6.07) is 0. The summed E-state index contributed by atoms with van der Waals surface area (Å²) in [7, 11) is 0. The van der Waals surface area contributed by atoms with Crippen LogP contribution in [-0.4, -0.2) is 23.0 Å². The molecule has 0 radical (unpaired) electrons. The highest BCUT2D eigenvalue weighted by molar-refractivity contribution is 6.19. The molecular formula is C20H32O4. The Morgan fingerprint density at radius 3 is 2.38 bits per heavy atom. The maximum absolute atomic E-state index is 12.1. The summed E-state index contributed by atoms with van der Waals surface area (Å²) < 4.78 is 5.24. The summed E-state index contributed by atoms with van der Waals surface area (Å²) >= 11 is 0. The molecule has 24 heavy (non-hydrogen) atoms. The van der Waals surface area contributed by atoms with Gasteiger partial charge in [-0.05, 0) is 25.7 Å². The van der Waals surface area contributed by atoms with Gasteiger partial charge in [-0.15, -0.1) is 6.58 Å². The van der Waals surface area contributed by atoms with E-state index in [1.165, 1.54) is 25.7 Å². The van der Waals surface area contributed by atoms with Crippen molar-refractivity contribution in [1.82, 2.24) is 0 Å². The smallest absolute Gasteiger partial charge is 0.345 e. The average Bonchev–Trinajstić information content (AvgIpc) is 2.53. The largest absolute Gasteiger partial charge is 0.511 e. The third-order valence-corrected chi connectivity index (χ3v) is 4.39. The molecule has 0 aromatic rings. The molecule has 1 rings (SSSR count). The predicted molar refractivity (Wildman–Crippen MR) is 95.8 cm³/mol. The Balaban J connectivity index is 2.27. The second kappa shape index (κ2) is 11.9. The van der Waals surface area contributed by atoms with Crippen LogP contribution in [-0.2, 0) is 14.3 Å². The van der Waals surface area contributed by atoms with Gasteiger partial charge in [-0.1, -0.05) is 51.5 Å². The van der Waals surface area contributed by atoms with Crippen LogP contribution in [0.3, 0.4) is 0 Å². The lowest BCUT2D eigenvalue weighted by Gasteiger charge is -2.23. The minimum absolute atomic E-state index is 0.0917. The monoisotopic (exact) mass is 336 g/mol. The number of hydrogen-bond acceptors (Lipinski definition) is 4. The molecule has 1 aliphatic heterocycles. The highest BCUT2D eigenvalue weighted by Crippen LogP contribution is 2.23. The van der Waals surface area contributed by atoms with Crippen molar-refractivity contribution in [3.63, 3.8) is 0 Å². The lowest BCUT2D eigenvalue weighted by molar-refractivity contribution is -0.151. The zero-order chi connectivity index (χ0) is 17.8.